The zero-order chi connectivity index (χ0) is 12.0. The molecule has 2 heterocycles. The Hall–Kier alpha value is -1.49. The normalized spacial score (nSPS) is 15.2. The lowest BCUT2D eigenvalue weighted by Crippen LogP contribution is -2.08. The van der Waals surface area contributed by atoms with Crippen molar-refractivity contribution in [1.82, 2.24) is 19.7 Å². The Bertz CT molecular complexity index is 577. The number of halogens is 2. The lowest BCUT2D eigenvalue weighted by Gasteiger charge is -2.07. The number of hydrogen-bond acceptors (Lipinski definition) is 3. The molecule has 3 rings (SSSR count). The molecule has 1 fully saturated rings. The van der Waals surface area contributed by atoms with Crippen LogP contribution in [0.25, 0.3) is 5.95 Å². The fourth-order valence-electron chi connectivity index (χ4n) is 1.73. The Morgan fingerprint density at radius 2 is 2.18 bits per heavy atom. The van der Waals surface area contributed by atoms with Gasteiger partial charge in [-0.25, -0.2) is 14.1 Å². The molecule has 0 amide bonds. The molecule has 2 aromatic heterocycles. The van der Waals surface area contributed by atoms with Crippen molar-refractivity contribution in [3.8, 4) is 5.95 Å². The van der Waals surface area contributed by atoms with Crippen LogP contribution in [0.1, 0.15) is 30.1 Å². The number of rotatable bonds is 2. The SMILES string of the molecule is Cc1ccnn1-c1nc(Cl)c(F)c(C2CC2)n1. The van der Waals surface area contributed by atoms with E-state index >= 15 is 0 Å². The monoisotopic (exact) mass is 252 g/mol. The number of nitrogens with zero attached hydrogens (tertiary/aromatic N) is 4. The fraction of sp³-hybridized carbons (Fsp3) is 0.364. The second kappa shape index (κ2) is 3.77. The van der Waals surface area contributed by atoms with E-state index in [9.17, 15) is 4.39 Å². The van der Waals surface area contributed by atoms with Crippen LogP contribution in [0.15, 0.2) is 12.3 Å². The van der Waals surface area contributed by atoms with Crippen molar-refractivity contribution in [2.75, 3.05) is 0 Å². The topological polar surface area (TPSA) is 43.6 Å². The van der Waals surface area contributed by atoms with Crippen LogP contribution in [0.4, 0.5) is 4.39 Å². The molecule has 0 aromatic carbocycles. The Labute approximate surface area is 102 Å². The highest BCUT2D eigenvalue weighted by molar-refractivity contribution is 6.29. The third kappa shape index (κ3) is 1.80. The number of aryl methyl sites for hydroxylation is 1. The maximum absolute atomic E-state index is 13.7. The molecule has 17 heavy (non-hydrogen) atoms. The largest absolute Gasteiger partial charge is 0.252 e. The van der Waals surface area contributed by atoms with E-state index in [1.165, 1.54) is 0 Å². The molecular weight excluding hydrogens is 243 g/mol. The van der Waals surface area contributed by atoms with Gasteiger partial charge in [0, 0.05) is 17.8 Å². The van der Waals surface area contributed by atoms with Gasteiger partial charge in [0.25, 0.3) is 5.95 Å². The van der Waals surface area contributed by atoms with Crippen LogP contribution in [-0.4, -0.2) is 19.7 Å². The third-order valence-electron chi connectivity index (χ3n) is 2.81. The molecule has 1 aliphatic rings. The first-order chi connectivity index (χ1) is 8.16. The maximum Gasteiger partial charge on any atom is 0.252 e. The summed E-state index contributed by atoms with van der Waals surface area (Å²) in [4.78, 5) is 8.15. The average Bonchev–Trinajstić information content (AvgIpc) is 3.05. The lowest BCUT2D eigenvalue weighted by molar-refractivity contribution is 0.586. The summed E-state index contributed by atoms with van der Waals surface area (Å²) < 4.78 is 15.3. The predicted molar refractivity (Wildman–Crippen MR) is 60.8 cm³/mol. The highest BCUT2D eigenvalue weighted by atomic mass is 35.5. The first-order valence-electron chi connectivity index (χ1n) is 5.40. The molecule has 0 atom stereocenters. The smallest absolute Gasteiger partial charge is 0.213 e. The second-order valence-electron chi connectivity index (χ2n) is 4.17. The number of aromatic nitrogens is 4. The minimum Gasteiger partial charge on any atom is -0.213 e. The van der Waals surface area contributed by atoms with Crippen molar-refractivity contribution in [2.45, 2.75) is 25.7 Å². The van der Waals surface area contributed by atoms with E-state index in [2.05, 4.69) is 15.1 Å². The van der Waals surface area contributed by atoms with Crippen LogP contribution in [0, 0.1) is 12.7 Å². The van der Waals surface area contributed by atoms with Crippen LogP contribution in [0.2, 0.25) is 5.15 Å². The van der Waals surface area contributed by atoms with E-state index in [1.54, 1.807) is 10.9 Å². The molecule has 6 heteroatoms. The van der Waals surface area contributed by atoms with Gasteiger partial charge in [0.05, 0.1) is 5.69 Å². The molecule has 0 unspecified atom stereocenters. The van der Waals surface area contributed by atoms with Gasteiger partial charge in [0.1, 0.15) is 0 Å². The van der Waals surface area contributed by atoms with Crippen molar-refractivity contribution in [1.29, 1.82) is 0 Å². The minimum absolute atomic E-state index is 0.133. The van der Waals surface area contributed by atoms with Crippen molar-refractivity contribution in [3.63, 3.8) is 0 Å². The maximum atomic E-state index is 13.7. The average molecular weight is 253 g/mol. The van der Waals surface area contributed by atoms with E-state index < -0.39 is 5.82 Å². The Balaban J connectivity index is 2.15. The molecule has 0 bridgehead atoms. The molecule has 2 aromatic rings. The van der Waals surface area contributed by atoms with E-state index in [0.717, 1.165) is 18.5 Å². The minimum atomic E-state index is -0.497. The summed E-state index contributed by atoms with van der Waals surface area (Å²) in [7, 11) is 0. The summed E-state index contributed by atoms with van der Waals surface area (Å²) in [5.41, 5.74) is 1.30. The molecule has 88 valence electrons. The van der Waals surface area contributed by atoms with Crippen molar-refractivity contribution in [3.05, 3.63) is 34.6 Å². The van der Waals surface area contributed by atoms with Gasteiger partial charge in [0.15, 0.2) is 11.0 Å². The first-order valence-corrected chi connectivity index (χ1v) is 5.78. The van der Waals surface area contributed by atoms with Gasteiger partial charge in [-0.1, -0.05) is 11.6 Å². The zero-order valence-corrected chi connectivity index (χ0v) is 9.95. The van der Waals surface area contributed by atoms with Crippen LogP contribution in [0.3, 0.4) is 0 Å². The van der Waals surface area contributed by atoms with Crippen molar-refractivity contribution >= 4 is 11.6 Å². The molecule has 0 saturated heterocycles. The summed E-state index contributed by atoms with van der Waals surface area (Å²) in [5, 5.41) is 3.96. The first kappa shape index (κ1) is 10.7. The van der Waals surface area contributed by atoms with Crippen LogP contribution >= 0.6 is 11.6 Å². The molecule has 0 spiro atoms. The van der Waals surface area contributed by atoms with Gasteiger partial charge in [-0.15, -0.1) is 0 Å². The molecule has 1 aliphatic carbocycles. The summed E-state index contributed by atoms with van der Waals surface area (Å²) in [6.07, 6.45) is 3.57. The highest BCUT2D eigenvalue weighted by Gasteiger charge is 2.30. The van der Waals surface area contributed by atoms with E-state index in [4.69, 9.17) is 11.6 Å². The number of hydrogen-bond donors (Lipinski definition) is 0. The quantitative estimate of drug-likeness (QED) is 0.772. The predicted octanol–water partition coefficient (Wildman–Crippen LogP) is 2.64. The van der Waals surface area contributed by atoms with Gasteiger partial charge in [-0.05, 0) is 25.8 Å². The Kier molecular flexibility index (Phi) is 2.36. The van der Waals surface area contributed by atoms with Gasteiger partial charge in [-0.2, -0.15) is 10.1 Å². The molecule has 0 aliphatic heterocycles. The van der Waals surface area contributed by atoms with Crippen LogP contribution < -0.4 is 0 Å². The lowest BCUT2D eigenvalue weighted by atomic mass is 10.3. The summed E-state index contributed by atoms with van der Waals surface area (Å²) in [5.74, 6) is 0.0219. The van der Waals surface area contributed by atoms with Gasteiger partial charge in [0.2, 0.25) is 0 Å². The van der Waals surface area contributed by atoms with Crippen LogP contribution in [-0.2, 0) is 0 Å². The van der Waals surface area contributed by atoms with Crippen molar-refractivity contribution < 1.29 is 4.39 Å². The third-order valence-corrected chi connectivity index (χ3v) is 3.06. The molecule has 0 radical (unpaired) electrons. The molecular formula is C11H10ClFN4. The zero-order valence-electron chi connectivity index (χ0n) is 9.19. The fourth-order valence-corrected chi connectivity index (χ4v) is 1.90. The Morgan fingerprint density at radius 3 is 2.76 bits per heavy atom. The van der Waals surface area contributed by atoms with Crippen molar-refractivity contribution in [2.24, 2.45) is 0 Å². The summed E-state index contributed by atoms with van der Waals surface area (Å²) in [6, 6.07) is 1.83. The summed E-state index contributed by atoms with van der Waals surface area (Å²) in [6.45, 7) is 1.88. The second-order valence-corrected chi connectivity index (χ2v) is 4.53. The molecule has 0 N–H and O–H groups in total. The van der Waals surface area contributed by atoms with E-state index in [0.29, 0.717) is 11.6 Å². The highest BCUT2D eigenvalue weighted by Crippen LogP contribution is 2.41. The Morgan fingerprint density at radius 1 is 1.41 bits per heavy atom. The van der Waals surface area contributed by atoms with Crippen LogP contribution in [0.5, 0.6) is 0 Å². The van der Waals surface area contributed by atoms with E-state index in [-0.39, 0.29) is 11.1 Å². The standard InChI is InChI=1S/C11H10ClFN4/c1-6-4-5-14-17(6)11-15-9(7-2-3-7)8(13)10(12)16-11/h4-5,7H,2-3H2,1H3. The van der Waals surface area contributed by atoms with E-state index in [1.807, 2.05) is 13.0 Å². The van der Waals surface area contributed by atoms with Gasteiger partial charge < -0.3 is 0 Å². The molecule has 1 saturated carbocycles. The summed E-state index contributed by atoms with van der Waals surface area (Å²) >= 11 is 5.79. The van der Waals surface area contributed by atoms with Gasteiger partial charge >= 0.3 is 0 Å². The molecule has 4 nitrogen and oxygen atoms in total. The van der Waals surface area contributed by atoms with Gasteiger partial charge in [-0.3, -0.25) is 0 Å².